The minimum absolute atomic E-state index is 0.339. The zero-order valence-corrected chi connectivity index (χ0v) is 15.7. The van der Waals surface area contributed by atoms with Crippen LogP contribution in [0.25, 0.3) is 0 Å². The van der Waals surface area contributed by atoms with Crippen molar-refractivity contribution in [2.45, 2.75) is 26.6 Å². The number of rotatable bonds is 6. The number of nitrogens with zero attached hydrogens (tertiary/aromatic N) is 1. The SMILES string of the molecule is Cc1cc(C(=O)COC(=O)c2ccccc2C(F)(F)F)c(C)n1Cc1ccco1. The Morgan fingerprint density at radius 2 is 1.79 bits per heavy atom. The van der Waals surface area contributed by atoms with Crippen molar-refractivity contribution >= 4 is 11.8 Å². The summed E-state index contributed by atoms with van der Waals surface area (Å²) in [4.78, 5) is 24.6. The second-order valence-corrected chi connectivity index (χ2v) is 6.49. The number of aromatic nitrogens is 1. The Kier molecular flexibility index (Phi) is 5.63. The van der Waals surface area contributed by atoms with Crippen LogP contribution >= 0.6 is 0 Å². The van der Waals surface area contributed by atoms with Gasteiger partial charge in [0.2, 0.25) is 5.78 Å². The predicted molar refractivity (Wildman–Crippen MR) is 97.8 cm³/mol. The van der Waals surface area contributed by atoms with E-state index in [4.69, 9.17) is 9.15 Å². The summed E-state index contributed by atoms with van der Waals surface area (Å²) in [7, 11) is 0. The van der Waals surface area contributed by atoms with Gasteiger partial charge >= 0.3 is 12.1 Å². The molecule has 0 atom stereocenters. The third-order valence-electron chi connectivity index (χ3n) is 4.55. The van der Waals surface area contributed by atoms with E-state index in [0.717, 1.165) is 17.8 Å². The fourth-order valence-corrected chi connectivity index (χ4v) is 3.08. The molecule has 0 unspecified atom stereocenters. The van der Waals surface area contributed by atoms with Gasteiger partial charge in [0.1, 0.15) is 5.76 Å². The molecule has 0 aliphatic carbocycles. The zero-order valence-electron chi connectivity index (χ0n) is 15.7. The van der Waals surface area contributed by atoms with Crippen molar-refractivity contribution in [2.24, 2.45) is 0 Å². The van der Waals surface area contributed by atoms with Crippen LogP contribution in [0.3, 0.4) is 0 Å². The van der Waals surface area contributed by atoms with Crippen molar-refractivity contribution in [1.82, 2.24) is 4.57 Å². The van der Waals surface area contributed by atoms with Crippen LogP contribution in [0, 0.1) is 13.8 Å². The van der Waals surface area contributed by atoms with Gasteiger partial charge in [-0.05, 0) is 44.2 Å². The smallest absolute Gasteiger partial charge is 0.417 e. The normalized spacial score (nSPS) is 11.5. The van der Waals surface area contributed by atoms with Crippen LogP contribution in [0.15, 0.2) is 53.1 Å². The number of Topliss-reactive ketones (excluding diaryl/α,β-unsaturated/α-hetero) is 1. The summed E-state index contributed by atoms with van der Waals surface area (Å²) < 4.78 is 51.2. The number of aryl methyl sites for hydroxylation is 1. The van der Waals surface area contributed by atoms with E-state index in [0.29, 0.717) is 23.6 Å². The summed E-state index contributed by atoms with van der Waals surface area (Å²) in [6, 6.07) is 9.51. The van der Waals surface area contributed by atoms with E-state index in [1.165, 1.54) is 12.1 Å². The van der Waals surface area contributed by atoms with Crippen molar-refractivity contribution < 1.29 is 31.9 Å². The largest absolute Gasteiger partial charge is 0.467 e. The molecule has 29 heavy (non-hydrogen) atoms. The molecular weight excluding hydrogens is 387 g/mol. The molecule has 0 aliphatic heterocycles. The number of carbonyl (C=O) groups is 2. The number of hydrogen-bond acceptors (Lipinski definition) is 4. The maximum absolute atomic E-state index is 13.0. The van der Waals surface area contributed by atoms with Gasteiger partial charge in [0.25, 0.3) is 0 Å². The molecule has 152 valence electrons. The lowest BCUT2D eigenvalue weighted by Gasteiger charge is -2.12. The third-order valence-corrected chi connectivity index (χ3v) is 4.55. The molecule has 0 fully saturated rings. The highest BCUT2D eigenvalue weighted by molar-refractivity contribution is 6.00. The van der Waals surface area contributed by atoms with Gasteiger partial charge in [0.15, 0.2) is 6.61 Å². The molecule has 3 aromatic rings. The number of benzene rings is 1. The Morgan fingerprint density at radius 3 is 2.45 bits per heavy atom. The van der Waals surface area contributed by atoms with E-state index in [9.17, 15) is 22.8 Å². The van der Waals surface area contributed by atoms with Gasteiger partial charge in [-0.15, -0.1) is 0 Å². The maximum Gasteiger partial charge on any atom is 0.417 e. The predicted octanol–water partition coefficient (Wildman–Crippen LogP) is 4.80. The second kappa shape index (κ2) is 7.98. The van der Waals surface area contributed by atoms with Gasteiger partial charge in [0, 0.05) is 17.0 Å². The van der Waals surface area contributed by atoms with Gasteiger partial charge in [-0.1, -0.05) is 12.1 Å². The fourth-order valence-electron chi connectivity index (χ4n) is 3.08. The Labute approximate surface area is 164 Å². The van der Waals surface area contributed by atoms with E-state index in [2.05, 4.69) is 0 Å². The lowest BCUT2D eigenvalue weighted by atomic mass is 10.1. The van der Waals surface area contributed by atoms with Crippen LogP contribution in [0.4, 0.5) is 13.2 Å². The Bertz CT molecular complexity index is 1030. The average Bonchev–Trinajstić information content (AvgIpc) is 3.29. The van der Waals surface area contributed by atoms with Gasteiger partial charge in [-0.25, -0.2) is 4.79 Å². The summed E-state index contributed by atoms with van der Waals surface area (Å²) in [5.41, 5.74) is 0.0581. The van der Waals surface area contributed by atoms with E-state index in [1.807, 2.05) is 11.5 Å². The number of alkyl halides is 3. The first-order valence-electron chi connectivity index (χ1n) is 8.74. The minimum atomic E-state index is -4.70. The molecule has 3 rings (SSSR count). The van der Waals surface area contributed by atoms with Crippen LogP contribution < -0.4 is 0 Å². The van der Waals surface area contributed by atoms with E-state index < -0.39 is 35.7 Å². The van der Waals surface area contributed by atoms with Crippen LogP contribution in [-0.2, 0) is 17.5 Å². The maximum atomic E-state index is 13.0. The molecule has 0 radical (unpaired) electrons. The van der Waals surface area contributed by atoms with E-state index >= 15 is 0 Å². The lowest BCUT2D eigenvalue weighted by Crippen LogP contribution is -2.18. The topological polar surface area (TPSA) is 61.4 Å². The van der Waals surface area contributed by atoms with E-state index in [-0.39, 0.29) is 0 Å². The van der Waals surface area contributed by atoms with Crippen LogP contribution in [0.5, 0.6) is 0 Å². The number of ketones is 1. The van der Waals surface area contributed by atoms with Gasteiger partial charge in [-0.2, -0.15) is 13.2 Å². The summed E-state index contributed by atoms with van der Waals surface area (Å²) in [6.45, 7) is 3.33. The lowest BCUT2D eigenvalue weighted by molar-refractivity contribution is -0.138. The van der Waals surface area contributed by atoms with Crippen LogP contribution in [-0.4, -0.2) is 22.9 Å². The molecule has 0 saturated carbocycles. The van der Waals surface area contributed by atoms with Gasteiger partial charge < -0.3 is 13.7 Å². The Balaban J connectivity index is 1.73. The number of carbonyl (C=O) groups excluding carboxylic acids is 2. The number of halogens is 3. The van der Waals surface area contributed by atoms with Crippen molar-refractivity contribution in [3.63, 3.8) is 0 Å². The highest BCUT2D eigenvalue weighted by Crippen LogP contribution is 2.32. The first-order valence-corrected chi connectivity index (χ1v) is 8.74. The van der Waals surface area contributed by atoms with Crippen LogP contribution in [0.1, 0.15) is 43.4 Å². The standard InChI is InChI=1S/C21H18F3NO4/c1-13-10-17(14(2)25(13)11-15-6-5-9-28-15)19(26)12-29-20(27)16-7-3-4-8-18(16)21(22,23)24/h3-10H,11-12H2,1-2H3. The highest BCUT2D eigenvalue weighted by atomic mass is 19.4. The highest BCUT2D eigenvalue weighted by Gasteiger charge is 2.35. The van der Waals surface area contributed by atoms with Crippen molar-refractivity contribution in [2.75, 3.05) is 6.61 Å². The number of hydrogen-bond donors (Lipinski definition) is 0. The molecule has 8 heteroatoms. The molecule has 0 amide bonds. The van der Waals surface area contributed by atoms with Crippen LogP contribution in [0.2, 0.25) is 0 Å². The number of furan rings is 1. The molecule has 5 nitrogen and oxygen atoms in total. The van der Waals surface area contributed by atoms with Crippen molar-refractivity contribution in [3.05, 3.63) is 82.6 Å². The van der Waals surface area contributed by atoms with E-state index in [1.54, 1.807) is 31.4 Å². The zero-order chi connectivity index (χ0) is 21.2. The number of esters is 1. The van der Waals surface area contributed by atoms with Gasteiger partial charge in [0.05, 0.1) is 23.9 Å². The summed E-state index contributed by atoms with van der Waals surface area (Å²) in [5, 5.41) is 0. The first kappa shape index (κ1) is 20.4. The monoisotopic (exact) mass is 405 g/mol. The molecular formula is C21H18F3NO4. The quantitative estimate of drug-likeness (QED) is 0.436. The molecule has 0 bridgehead atoms. The molecule has 0 N–H and O–H groups in total. The molecule has 2 aromatic heterocycles. The molecule has 0 spiro atoms. The molecule has 1 aromatic carbocycles. The third kappa shape index (κ3) is 4.42. The fraction of sp³-hybridized carbons (Fsp3) is 0.238. The van der Waals surface area contributed by atoms with Gasteiger partial charge in [-0.3, -0.25) is 4.79 Å². The van der Waals surface area contributed by atoms with Crippen molar-refractivity contribution in [1.29, 1.82) is 0 Å². The second-order valence-electron chi connectivity index (χ2n) is 6.49. The average molecular weight is 405 g/mol. The summed E-state index contributed by atoms with van der Waals surface area (Å²) in [6.07, 6.45) is -3.15. The minimum Gasteiger partial charge on any atom is -0.467 e. The molecule has 2 heterocycles. The first-order chi connectivity index (χ1) is 13.7. The Hall–Kier alpha value is -3.29. The summed E-state index contributed by atoms with van der Waals surface area (Å²) in [5.74, 6) is -0.988. The summed E-state index contributed by atoms with van der Waals surface area (Å²) >= 11 is 0. The molecule has 0 saturated heterocycles. The molecule has 0 aliphatic rings. The van der Waals surface area contributed by atoms with Crippen molar-refractivity contribution in [3.8, 4) is 0 Å². The Morgan fingerprint density at radius 1 is 1.07 bits per heavy atom. The number of ether oxygens (including phenoxy) is 1.